The molecule has 1 heterocycles. The fourth-order valence-corrected chi connectivity index (χ4v) is 0.867. The third-order valence-corrected chi connectivity index (χ3v) is 1.46. The first-order valence-electron chi connectivity index (χ1n) is 2.82. The van der Waals surface area contributed by atoms with E-state index in [0.717, 1.165) is 19.4 Å². The topological polar surface area (TPSA) is 41.5 Å². The van der Waals surface area contributed by atoms with Gasteiger partial charge in [0.25, 0.3) is 0 Å². The zero-order chi connectivity index (χ0) is 6.04. The molecule has 1 saturated heterocycles. The highest BCUT2D eigenvalue weighted by Gasteiger charge is 2.28. The molecule has 0 aromatic rings. The Balaban J connectivity index is 2.40. The summed E-state index contributed by atoms with van der Waals surface area (Å²) in [6, 6.07) is 0. The van der Waals surface area contributed by atoms with Crippen molar-refractivity contribution in [2.45, 2.75) is 25.5 Å². The van der Waals surface area contributed by atoms with Crippen LogP contribution in [0.3, 0.4) is 0 Å². The van der Waals surface area contributed by atoms with Crippen LogP contribution in [0.15, 0.2) is 0 Å². The van der Waals surface area contributed by atoms with Crippen molar-refractivity contribution in [2.75, 3.05) is 6.61 Å². The molecular weight excluding hydrogens is 106 g/mol. The maximum Gasteiger partial charge on any atom is 0.138 e. The highest BCUT2D eigenvalue weighted by molar-refractivity contribution is 4.72. The zero-order valence-electron chi connectivity index (χ0n) is 4.98. The average Bonchev–Trinajstić information content (AvgIpc) is 2.17. The summed E-state index contributed by atoms with van der Waals surface area (Å²) in [5, 5.41) is 8.45. The van der Waals surface area contributed by atoms with E-state index in [2.05, 4.69) is 5.48 Å². The van der Waals surface area contributed by atoms with E-state index in [0.29, 0.717) is 0 Å². The van der Waals surface area contributed by atoms with Crippen LogP contribution in [0.25, 0.3) is 0 Å². The van der Waals surface area contributed by atoms with Crippen LogP contribution in [0, 0.1) is 0 Å². The normalized spacial score (nSPS) is 38.2. The van der Waals surface area contributed by atoms with Gasteiger partial charge in [-0.15, -0.1) is 0 Å². The lowest BCUT2D eigenvalue weighted by molar-refractivity contribution is -0.0939. The number of hydrogen-bond donors (Lipinski definition) is 2. The molecule has 0 bridgehead atoms. The van der Waals surface area contributed by atoms with Crippen molar-refractivity contribution in [1.29, 1.82) is 0 Å². The van der Waals surface area contributed by atoms with Gasteiger partial charge in [0.15, 0.2) is 0 Å². The second kappa shape index (κ2) is 2.01. The van der Waals surface area contributed by atoms with Gasteiger partial charge in [0.05, 0.1) is 0 Å². The van der Waals surface area contributed by atoms with Crippen LogP contribution in [-0.4, -0.2) is 17.5 Å². The van der Waals surface area contributed by atoms with Gasteiger partial charge in [-0.1, -0.05) is 0 Å². The Morgan fingerprint density at radius 3 is 2.75 bits per heavy atom. The Bertz CT molecular complexity index is 78.5. The van der Waals surface area contributed by atoms with Crippen molar-refractivity contribution >= 4 is 0 Å². The molecule has 1 aliphatic heterocycles. The first kappa shape index (κ1) is 6.01. The summed E-state index contributed by atoms with van der Waals surface area (Å²) in [6.45, 7) is 2.59. The maximum atomic E-state index is 8.45. The summed E-state index contributed by atoms with van der Waals surface area (Å²) in [6.07, 6.45) is 1.92. The van der Waals surface area contributed by atoms with Crippen LogP contribution >= 0.6 is 0 Å². The Hall–Kier alpha value is -0.120. The smallest absolute Gasteiger partial charge is 0.138 e. The number of hydrogen-bond acceptors (Lipinski definition) is 3. The largest absolute Gasteiger partial charge is 0.359 e. The predicted molar refractivity (Wildman–Crippen MR) is 28.5 cm³/mol. The van der Waals surface area contributed by atoms with Gasteiger partial charge >= 0.3 is 0 Å². The Morgan fingerprint density at radius 1 is 1.75 bits per heavy atom. The molecule has 0 aliphatic carbocycles. The van der Waals surface area contributed by atoms with E-state index in [9.17, 15) is 0 Å². The highest BCUT2D eigenvalue weighted by Crippen LogP contribution is 2.20. The Morgan fingerprint density at radius 2 is 2.50 bits per heavy atom. The Labute approximate surface area is 48.6 Å². The molecule has 1 aliphatic rings. The van der Waals surface area contributed by atoms with Gasteiger partial charge in [-0.25, -0.2) is 0 Å². The van der Waals surface area contributed by atoms with Gasteiger partial charge < -0.3 is 9.94 Å². The summed E-state index contributed by atoms with van der Waals surface area (Å²) in [5.74, 6) is 0. The van der Waals surface area contributed by atoms with Crippen LogP contribution in [0.5, 0.6) is 0 Å². The molecule has 0 spiro atoms. The van der Waals surface area contributed by atoms with Gasteiger partial charge in [-0.05, 0) is 19.8 Å². The molecule has 3 heteroatoms. The standard InChI is InChI=1S/C5H11NO2/c1-5(6-7)3-2-4-8-5/h6-7H,2-4H2,1H3. The summed E-state index contributed by atoms with van der Waals surface area (Å²) in [4.78, 5) is 0. The quantitative estimate of drug-likeness (QED) is 0.491. The third-order valence-electron chi connectivity index (χ3n) is 1.46. The molecular formula is C5H11NO2. The fraction of sp³-hybridized carbons (Fsp3) is 1.00. The third kappa shape index (κ3) is 0.992. The first-order chi connectivity index (χ1) is 3.77. The van der Waals surface area contributed by atoms with Crippen molar-refractivity contribution in [3.8, 4) is 0 Å². The van der Waals surface area contributed by atoms with E-state index in [1.54, 1.807) is 0 Å². The van der Waals surface area contributed by atoms with Crippen molar-refractivity contribution < 1.29 is 9.94 Å². The lowest BCUT2D eigenvalue weighted by atomic mass is 10.2. The summed E-state index contributed by atoms with van der Waals surface area (Å²) < 4.78 is 5.13. The van der Waals surface area contributed by atoms with Crippen molar-refractivity contribution in [3.05, 3.63) is 0 Å². The number of ether oxygens (including phenoxy) is 1. The van der Waals surface area contributed by atoms with E-state index in [1.807, 2.05) is 6.92 Å². The number of rotatable bonds is 1. The van der Waals surface area contributed by atoms with Crippen molar-refractivity contribution in [3.63, 3.8) is 0 Å². The van der Waals surface area contributed by atoms with Gasteiger partial charge in [0, 0.05) is 6.61 Å². The second-order valence-corrected chi connectivity index (χ2v) is 2.29. The molecule has 1 fully saturated rings. The molecule has 1 rings (SSSR count). The molecule has 0 saturated carbocycles. The van der Waals surface area contributed by atoms with Gasteiger partial charge in [0.2, 0.25) is 0 Å². The van der Waals surface area contributed by atoms with E-state index in [1.165, 1.54) is 0 Å². The molecule has 48 valence electrons. The summed E-state index contributed by atoms with van der Waals surface area (Å²) in [7, 11) is 0. The second-order valence-electron chi connectivity index (χ2n) is 2.29. The van der Waals surface area contributed by atoms with E-state index in [-0.39, 0.29) is 0 Å². The minimum Gasteiger partial charge on any atom is -0.359 e. The van der Waals surface area contributed by atoms with Gasteiger partial charge in [-0.3, -0.25) is 0 Å². The molecule has 1 atom stereocenters. The van der Waals surface area contributed by atoms with Gasteiger partial charge in [-0.2, -0.15) is 5.48 Å². The monoisotopic (exact) mass is 117 g/mol. The molecule has 1 unspecified atom stereocenters. The molecule has 3 nitrogen and oxygen atoms in total. The summed E-state index contributed by atoms with van der Waals surface area (Å²) in [5.41, 5.74) is 1.66. The maximum absolute atomic E-state index is 8.45. The molecule has 0 aromatic heterocycles. The van der Waals surface area contributed by atoms with Crippen LogP contribution in [0.4, 0.5) is 0 Å². The van der Waals surface area contributed by atoms with Crippen molar-refractivity contribution in [1.82, 2.24) is 5.48 Å². The van der Waals surface area contributed by atoms with Crippen LogP contribution < -0.4 is 5.48 Å². The SMILES string of the molecule is CC1(NO)CCCO1. The van der Waals surface area contributed by atoms with Crippen LogP contribution in [0.2, 0.25) is 0 Å². The summed E-state index contributed by atoms with van der Waals surface area (Å²) >= 11 is 0. The Kier molecular flexibility index (Phi) is 1.51. The van der Waals surface area contributed by atoms with Gasteiger partial charge in [0.1, 0.15) is 5.72 Å². The van der Waals surface area contributed by atoms with Crippen molar-refractivity contribution in [2.24, 2.45) is 0 Å². The average molecular weight is 117 g/mol. The molecule has 8 heavy (non-hydrogen) atoms. The zero-order valence-corrected chi connectivity index (χ0v) is 4.98. The highest BCUT2D eigenvalue weighted by atomic mass is 16.6. The van der Waals surface area contributed by atoms with E-state index >= 15 is 0 Å². The fourth-order valence-electron chi connectivity index (χ4n) is 0.867. The number of nitrogens with one attached hydrogen (secondary N) is 1. The lowest BCUT2D eigenvalue weighted by Gasteiger charge is -2.19. The molecule has 0 amide bonds. The minimum atomic E-state index is -0.458. The van der Waals surface area contributed by atoms with Crippen LogP contribution in [-0.2, 0) is 4.74 Å². The molecule has 2 N–H and O–H groups in total. The van der Waals surface area contributed by atoms with E-state index < -0.39 is 5.72 Å². The minimum absolute atomic E-state index is 0.458. The molecule has 0 radical (unpaired) electrons. The first-order valence-corrected chi connectivity index (χ1v) is 2.82. The van der Waals surface area contributed by atoms with E-state index in [4.69, 9.17) is 9.94 Å². The predicted octanol–water partition coefficient (Wildman–Crippen LogP) is 0.492. The number of hydroxylamine groups is 1. The molecule has 0 aromatic carbocycles. The lowest BCUT2D eigenvalue weighted by Crippen LogP contribution is -2.38. The van der Waals surface area contributed by atoms with Crippen LogP contribution in [0.1, 0.15) is 19.8 Å².